The zero-order chi connectivity index (χ0) is 14.9. The molecule has 0 heterocycles. The fourth-order valence-electron chi connectivity index (χ4n) is 1.50. The highest BCUT2D eigenvalue weighted by molar-refractivity contribution is 4.44. The Morgan fingerprint density at radius 2 is 1.35 bits per heavy atom. The number of unbranched alkanes of at least 4 members (excludes halogenated alkanes) is 2. The average Bonchev–Trinajstić information content (AvgIpc) is 2.45. The van der Waals surface area contributed by atoms with Crippen molar-refractivity contribution in [3.63, 3.8) is 0 Å². The number of hydrogen-bond acceptors (Lipinski definition) is 6. The van der Waals surface area contributed by atoms with Crippen LogP contribution < -0.4 is 0 Å². The fraction of sp³-hybridized carbons (Fsp3) is 1.00. The van der Waals surface area contributed by atoms with Crippen LogP contribution >= 0.6 is 0 Å². The smallest absolute Gasteiger partial charge is 0.154 e. The first-order valence-corrected chi connectivity index (χ1v) is 7.45. The second kappa shape index (κ2) is 16.8. The van der Waals surface area contributed by atoms with Crippen molar-refractivity contribution in [1.82, 2.24) is 0 Å². The van der Waals surface area contributed by atoms with E-state index in [1.54, 1.807) is 0 Å². The van der Waals surface area contributed by atoms with Crippen molar-refractivity contribution >= 4 is 0 Å². The molecule has 1 atom stereocenters. The SMILES string of the molecule is CCCCCC(O)OCCOCCOCCOCCO. The predicted octanol–water partition coefficient (Wildman–Crippen LogP) is 0.944. The Hall–Kier alpha value is -0.240. The molecule has 0 aromatic rings. The van der Waals surface area contributed by atoms with Gasteiger partial charge >= 0.3 is 0 Å². The first-order chi connectivity index (χ1) is 9.81. The maximum Gasteiger partial charge on any atom is 0.154 e. The largest absolute Gasteiger partial charge is 0.394 e. The molecule has 122 valence electrons. The second-order valence-corrected chi connectivity index (χ2v) is 4.38. The molecule has 0 spiro atoms. The van der Waals surface area contributed by atoms with E-state index in [1.165, 1.54) is 0 Å². The van der Waals surface area contributed by atoms with Crippen LogP contribution in [0.5, 0.6) is 0 Å². The zero-order valence-corrected chi connectivity index (χ0v) is 12.6. The Bertz CT molecular complexity index is 179. The molecule has 0 aromatic carbocycles. The molecular weight excluding hydrogens is 264 g/mol. The van der Waals surface area contributed by atoms with Gasteiger partial charge in [-0.25, -0.2) is 0 Å². The van der Waals surface area contributed by atoms with E-state index in [9.17, 15) is 5.11 Å². The van der Waals surface area contributed by atoms with E-state index < -0.39 is 6.29 Å². The van der Waals surface area contributed by atoms with E-state index in [0.717, 1.165) is 19.3 Å². The number of aliphatic hydroxyl groups excluding tert-OH is 2. The van der Waals surface area contributed by atoms with Crippen LogP contribution in [0.3, 0.4) is 0 Å². The maximum absolute atomic E-state index is 9.49. The van der Waals surface area contributed by atoms with Gasteiger partial charge in [0.05, 0.1) is 52.9 Å². The van der Waals surface area contributed by atoms with Crippen LogP contribution in [0.4, 0.5) is 0 Å². The molecule has 0 aliphatic carbocycles. The predicted molar refractivity (Wildman–Crippen MR) is 75.6 cm³/mol. The van der Waals surface area contributed by atoms with E-state index >= 15 is 0 Å². The van der Waals surface area contributed by atoms with Crippen molar-refractivity contribution < 1.29 is 29.2 Å². The lowest BCUT2D eigenvalue weighted by Crippen LogP contribution is -2.17. The summed E-state index contributed by atoms with van der Waals surface area (Å²) in [5, 5.41) is 18.0. The van der Waals surface area contributed by atoms with E-state index in [0.29, 0.717) is 52.7 Å². The standard InChI is InChI=1S/C14H30O6/c1-2-3-4-5-14(16)20-13-12-19-11-10-18-9-8-17-7-6-15/h14-16H,2-13H2,1H3. The summed E-state index contributed by atoms with van der Waals surface area (Å²) in [7, 11) is 0. The molecule has 0 radical (unpaired) electrons. The molecule has 0 aromatic heterocycles. The van der Waals surface area contributed by atoms with Crippen molar-refractivity contribution in [3.8, 4) is 0 Å². The van der Waals surface area contributed by atoms with Gasteiger partial charge in [0.15, 0.2) is 6.29 Å². The summed E-state index contributed by atoms with van der Waals surface area (Å²) in [4.78, 5) is 0. The second-order valence-electron chi connectivity index (χ2n) is 4.38. The summed E-state index contributed by atoms with van der Waals surface area (Å²) in [5.74, 6) is 0. The summed E-state index contributed by atoms with van der Waals surface area (Å²) < 4.78 is 20.8. The Morgan fingerprint density at radius 1 is 0.800 bits per heavy atom. The van der Waals surface area contributed by atoms with Crippen molar-refractivity contribution in [3.05, 3.63) is 0 Å². The molecule has 20 heavy (non-hydrogen) atoms. The van der Waals surface area contributed by atoms with Crippen molar-refractivity contribution in [1.29, 1.82) is 0 Å². The molecule has 0 fully saturated rings. The third kappa shape index (κ3) is 15.8. The van der Waals surface area contributed by atoms with Gasteiger partial charge in [0.2, 0.25) is 0 Å². The zero-order valence-electron chi connectivity index (χ0n) is 12.6. The molecule has 0 amide bonds. The maximum atomic E-state index is 9.49. The summed E-state index contributed by atoms with van der Waals surface area (Å²) >= 11 is 0. The molecule has 2 N–H and O–H groups in total. The Labute approximate surface area is 122 Å². The van der Waals surface area contributed by atoms with Gasteiger partial charge in [-0.15, -0.1) is 0 Å². The lowest BCUT2D eigenvalue weighted by Gasteiger charge is -2.12. The third-order valence-corrected chi connectivity index (χ3v) is 2.57. The molecule has 0 saturated carbocycles. The van der Waals surface area contributed by atoms with Gasteiger partial charge in [0.25, 0.3) is 0 Å². The van der Waals surface area contributed by atoms with Crippen molar-refractivity contribution in [2.75, 3.05) is 52.9 Å². The van der Waals surface area contributed by atoms with Gasteiger partial charge in [-0.1, -0.05) is 19.8 Å². The van der Waals surface area contributed by atoms with E-state index in [4.69, 9.17) is 24.1 Å². The molecule has 0 aliphatic rings. The highest BCUT2D eigenvalue weighted by Crippen LogP contribution is 2.03. The van der Waals surface area contributed by atoms with Crippen LogP contribution in [0.15, 0.2) is 0 Å². The van der Waals surface area contributed by atoms with Crippen LogP contribution in [-0.4, -0.2) is 69.4 Å². The quantitative estimate of drug-likeness (QED) is 0.326. The van der Waals surface area contributed by atoms with Crippen molar-refractivity contribution in [2.24, 2.45) is 0 Å². The van der Waals surface area contributed by atoms with Gasteiger partial charge in [0.1, 0.15) is 0 Å². The Balaban J connectivity index is 3.05. The molecular formula is C14H30O6. The summed E-state index contributed by atoms with van der Waals surface area (Å²) in [6.07, 6.45) is 3.26. The lowest BCUT2D eigenvalue weighted by molar-refractivity contribution is -0.118. The van der Waals surface area contributed by atoms with E-state index in [-0.39, 0.29) is 6.61 Å². The van der Waals surface area contributed by atoms with Crippen LogP contribution in [0.2, 0.25) is 0 Å². The first kappa shape index (κ1) is 19.8. The van der Waals surface area contributed by atoms with Gasteiger partial charge in [-0.05, 0) is 12.8 Å². The molecule has 1 unspecified atom stereocenters. The van der Waals surface area contributed by atoms with Gasteiger partial charge in [0, 0.05) is 0 Å². The number of ether oxygens (including phenoxy) is 4. The normalized spacial score (nSPS) is 12.8. The van der Waals surface area contributed by atoms with Crippen LogP contribution in [0.25, 0.3) is 0 Å². The van der Waals surface area contributed by atoms with Gasteiger partial charge < -0.3 is 29.2 Å². The molecule has 6 heteroatoms. The first-order valence-electron chi connectivity index (χ1n) is 7.45. The molecule has 0 rings (SSSR count). The monoisotopic (exact) mass is 294 g/mol. The van der Waals surface area contributed by atoms with Gasteiger partial charge in [-0.2, -0.15) is 0 Å². The minimum Gasteiger partial charge on any atom is -0.394 e. The van der Waals surface area contributed by atoms with Crippen LogP contribution in [-0.2, 0) is 18.9 Å². The highest BCUT2D eigenvalue weighted by atomic mass is 16.6. The third-order valence-electron chi connectivity index (χ3n) is 2.57. The number of aliphatic hydroxyl groups is 2. The van der Waals surface area contributed by atoms with Crippen LogP contribution in [0, 0.1) is 0 Å². The molecule has 0 bridgehead atoms. The minimum absolute atomic E-state index is 0.0351. The van der Waals surface area contributed by atoms with Crippen LogP contribution in [0.1, 0.15) is 32.6 Å². The molecule has 0 aliphatic heterocycles. The highest BCUT2D eigenvalue weighted by Gasteiger charge is 2.02. The topological polar surface area (TPSA) is 77.4 Å². The fourth-order valence-corrected chi connectivity index (χ4v) is 1.50. The van der Waals surface area contributed by atoms with Gasteiger partial charge in [-0.3, -0.25) is 0 Å². The average molecular weight is 294 g/mol. The minimum atomic E-state index is -0.676. The Kier molecular flexibility index (Phi) is 16.6. The Morgan fingerprint density at radius 3 is 1.90 bits per heavy atom. The molecule has 6 nitrogen and oxygen atoms in total. The van der Waals surface area contributed by atoms with Crippen molar-refractivity contribution in [2.45, 2.75) is 38.9 Å². The summed E-state index contributed by atoms with van der Waals surface area (Å²) in [6.45, 7) is 5.33. The number of hydrogen-bond donors (Lipinski definition) is 2. The van der Waals surface area contributed by atoms with E-state index in [2.05, 4.69) is 6.92 Å². The molecule has 0 saturated heterocycles. The summed E-state index contributed by atoms with van der Waals surface area (Å²) in [6, 6.07) is 0. The lowest BCUT2D eigenvalue weighted by atomic mass is 10.2. The van der Waals surface area contributed by atoms with E-state index in [1.807, 2.05) is 0 Å². The summed E-state index contributed by atoms with van der Waals surface area (Å²) in [5.41, 5.74) is 0. The number of rotatable bonds is 16.